The maximum Gasteiger partial charge on any atom is 0.307 e. The van der Waals surface area contributed by atoms with E-state index in [0.29, 0.717) is 88.7 Å². The van der Waals surface area contributed by atoms with Crippen molar-refractivity contribution >= 4 is 40.6 Å². The first kappa shape index (κ1) is 35.6. The smallest absolute Gasteiger partial charge is 0.307 e. The highest BCUT2D eigenvalue weighted by Gasteiger charge is 2.27. The van der Waals surface area contributed by atoms with Crippen LogP contribution in [0.3, 0.4) is 0 Å². The second kappa shape index (κ2) is 15.1. The SMILES string of the molecule is COc1nc(-c2cccc(-c3cccc(-c4cc5c(=O)n(C)c(CN6CCC[C@@H](C(=O)O)C6)nn5c4)c3Cl)c2Cl)ccc1CNC[C@@H]1CCC(=O)N1. The first-order valence-corrected chi connectivity index (χ1v) is 18.0. The summed E-state index contributed by atoms with van der Waals surface area (Å²) >= 11 is 14.2. The van der Waals surface area contributed by atoms with Crippen LogP contribution in [-0.4, -0.2) is 73.8 Å². The van der Waals surface area contributed by atoms with Crippen molar-refractivity contribution in [2.24, 2.45) is 13.0 Å². The summed E-state index contributed by atoms with van der Waals surface area (Å²) in [4.78, 5) is 43.4. The van der Waals surface area contributed by atoms with Gasteiger partial charge in [0.2, 0.25) is 11.8 Å². The number of piperidine rings is 1. The number of carboxylic acid groups (broad SMARTS) is 1. The van der Waals surface area contributed by atoms with Gasteiger partial charge in [0.1, 0.15) is 11.3 Å². The van der Waals surface area contributed by atoms with Crippen LogP contribution in [0.4, 0.5) is 0 Å². The fourth-order valence-electron chi connectivity index (χ4n) is 7.10. The number of methoxy groups -OCH3 is 1. The number of nitrogens with one attached hydrogen (secondary N) is 2. The van der Waals surface area contributed by atoms with Gasteiger partial charge in [-0.1, -0.05) is 65.7 Å². The highest BCUT2D eigenvalue weighted by molar-refractivity contribution is 6.39. The summed E-state index contributed by atoms with van der Waals surface area (Å²) < 4.78 is 8.75. The minimum Gasteiger partial charge on any atom is -0.481 e. The minimum atomic E-state index is -0.798. The predicted octanol–water partition coefficient (Wildman–Crippen LogP) is 5.41. The topological polar surface area (TPSA) is 143 Å². The Bertz CT molecular complexity index is 2240. The molecule has 5 aromatic rings. The van der Waals surface area contributed by atoms with E-state index >= 15 is 0 Å². The first-order valence-electron chi connectivity index (χ1n) is 17.3. The number of halogens is 2. The van der Waals surface area contributed by atoms with Crippen LogP contribution in [0.5, 0.6) is 5.88 Å². The van der Waals surface area contributed by atoms with Gasteiger partial charge in [0.05, 0.1) is 35.3 Å². The molecule has 3 aromatic heterocycles. The van der Waals surface area contributed by atoms with Gasteiger partial charge in [0.25, 0.3) is 5.56 Å². The predicted molar refractivity (Wildman–Crippen MR) is 200 cm³/mol. The monoisotopic (exact) mass is 743 g/mol. The average molecular weight is 745 g/mol. The molecule has 0 aliphatic carbocycles. The fraction of sp³-hybridized carbons (Fsp3) is 0.342. The Morgan fingerprint density at radius 2 is 1.77 bits per heavy atom. The number of ether oxygens (including phenoxy) is 1. The van der Waals surface area contributed by atoms with E-state index in [-0.39, 0.29) is 17.5 Å². The molecule has 7 rings (SSSR count). The summed E-state index contributed by atoms with van der Waals surface area (Å²) in [6.45, 7) is 2.72. The molecule has 14 heteroatoms. The number of pyridine rings is 1. The Labute approximate surface area is 310 Å². The van der Waals surface area contributed by atoms with Gasteiger partial charge in [-0.3, -0.25) is 23.9 Å². The fourth-order valence-corrected chi connectivity index (χ4v) is 7.76. The molecule has 2 atom stereocenters. The summed E-state index contributed by atoms with van der Waals surface area (Å²) in [6.07, 6.45) is 4.59. The van der Waals surface area contributed by atoms with Gasteiger partial charge in [-0.25, -0.2) is 9.50 Å². The third-order valence-corrected chi connectivity index (χ3v) is 10.8. The summed E-state index contributed by atoms with van der Waals surface area (Å²) in [5.41, 5.74) is 5.29. The molecular weight excluding hydrogens is 705 g/mol. The Morgan fingerprint density at radius 1 is 1.04 bits per heavy atom. The van der Waals surface area contributed by atoms with Gasteiger partial charge in [-0.15, -0.1) is 0 Å². The molecule has 12 nitrogen and oxygen atoms in total. The number of benzene rings is 2. The quantitative estimate of drug-likeness (QED) is 0.162. The minimum absolute atomic E-state index is 0.0865. The highest BCUT2D eigenvalue weighted by Crippen LogP contribution is 2.42. The van der Waals surface area contributed by atoms with Crippen LogP contribution in [0, 0.1) is 5.92 Å². The molecule has 0 bridgehead atoms. The van der Waals surface area contributed by atoms with E-state index in [4.69, 9.17) is 38.0 Å². The van der Waals surface area contributed by atoms with Gasteiger partial charge < -0.3 is 20.5 Å². The van der Waals surface area contributed by atoms with Crippen LogP contribution >= 0.6 is 23.2 Å². The number of fused-ring (bicyclic) bond motifs is 1. The number of amides is 1. The van der Waals surface area contributed by atoms with E-state index in [0.717, 1.165) is 36.1 Å². The molecule has 52 heavy (non-hydrogen) atoms. The van der Waals surface area contributed by atoms with E-state index in [2.05, 4.69) is 10.6 Å². The van der Waals surface area contributed by atoms with Crippen molar-refractivity contribution in [1.82, 2.24) is 34.7 Å². The number of carbonyl (C=O) groups excluding carboxylic acids is 1. The number of nitrogens with zero attached hydrogens (tertiary/aromatic N) is 5. The van der Waals surface area contributed by atoms with Gasteiger partial charge in [-0.2, -0.15) is 5.10 Å². The molecule has 2 saturated heterocycles. The molecule has 0 unspecified atom stereocenters. The van der Waals surface area contributed by atoms with Crippen LogP contribution in [0.2, 0.25) is 10.0 Å². The number of hydrogen-bond donors (Lipinski definition) is 3. The second-order valence-corrected chi connectivity index (χ2v) is 14.1. The van der Waals surface area contributed by atoms with Crippen molar-refractivity contribution in [1.29, 1.82) is 0 Å². The molecule has 0 radical (unpaired) electrons. The van der Waals surface area contributed by atoms with Crippen molar-refractivity contribution in [2.45, 2.75) is 44.8 Å². The van der Waals surface area contributed by atoms with Crippen LogP contribution in [0.15, 0.2) is 65.6 Å². The molecule has 5 heterocycles. The van der Waals surface area contributed by atoms with Gasteiger partial charge in [-0.05, 0) is 37.9 Å². The van der Waals surface area contributed by atoms with Crippen molar-refractivity contribution in [3.8, 4) is 39.4 Å². The summed E-state index contributed by atoms with van der Waals surface area (Å²) in [6, 6.07) is 17.2. The largest absolute Gasteiger partial charge is 0.481 e. The van der Waals surface area contributed by atoms with Crippen molar-refractivity contribution in [2.75, 3.05) is 26.7 Å². The highest BCUT2D eigenvalue weighted by atomic mass is 35.5. The van der Waals surface area contributed by atoms with E-state index < -0.39 is 11.9 Å². The van der Waals surface area contributed by atoms with E-state index in [9.17, 15) is 19.5 Å². The van der Waals surface area contributed by atoms with E-state index in [1.54, 1.807) is 30.9 Å². The molecule has 2 aromatic carbocycles. The zero-order chi connectivity index (χ0) is 36.5. The lowest BCUT2D eigenvalue weighted by Crippen LogP contribution is -2.40. The van der Waals surface area contributed by atoms with Crippen LogP contribution < -0.4 is 20.9 Å². The zero-order valence-electron chi connectivity index (χ0n) is 28.9. The number of hydrogen-bond acceptors (Lipinski definition) is 8. The number of rotatable bonds is 11. The second-order valence-electron chi connectivity index (χ2n) is 13.4. The molecule has 2 aliphatic rings. The van der Waals surface area contributed by atoms with Crippen LogP contribution in [-0.2, 0) is 29.7 Å². The lowest BCUT2D eigenvalue weighted by atomic mass is 9.97. The van der Waals surface area contributed by atoms with E-state index in [1.165, 1.54) is 4.57 Å². The molecule has 0 spiro atoms. The van der Waals surface area contributed by atoms with Crippen molar-refractivity contribution < 1.29 is 19.4 Å². The molecule has 2 fully saturated rings. The Morgan fingerprint density at radius 3 is 2.48 bits per heavy atom. The number of likely N-dealkylation sites (tertiary alicyclic amines) is 1. The zero-order valence-corrected chi connectivity index (χ0v) is 30.4. The summed E-state index contributed by atoms with van der Waals surface area (Å²) in [5, 5.41) is 21.6. The Kier molecular flexibility index (Phi) is 10.3. The van der Waals surface area contributed by atoms with Gasteiger partial charge >= 0.3 is 5.97 Å². The molecule has 3 N–H and O–H groups in total. The normalized spacial score (nSPS) is 17.8. The van der Waals surface area contributed by atoms with E-state index in [1.807, 2.05) is 53.4 Å². The lowest BCUT2D eigenvalue weighted by molar-refractivity contribution is -0.143. The Balaban J connectivity index is 1.15. The number of aliphatic carboxylic acids is 1. The maximum absolute atomic E-state index is 13.5. The summed E-state index contributed by atoms with van der Waals surface area (Å²) in [5.74, 6) is -0.118. The molecule has 1 amide bonds. The number of aromatic nitrogens is 4. The van der Waals surface area contributed by atoms with Crippen LogP contribution in [0.1, 0.15) is 37.1 Å². The third kappa shape index (κ3) is 7.16. The van der Waals surface area contributed by atoms with Crippen molar-refractivity contribution in [3.05, 3.63) is 92.6 Å². The van der Waals surface area contributed by atoms with Gasteiger partial charge in [0.15, 0.2) is 0 Å². The Hall–Kier alpha value is -4.75. The molecule has 2 aliphatic heterocycles. The lowest BCUT2D eigenvalue weighted by Gasteiger charge is -2.30. The summed E-state index contributed by atoms with van der Waals surface area (Å²) in [7, 11) is 3.27. The number of carbonyl (C=O) groups is 2. The van der Waals surface area contributed by atoms with Crippen molar-refractivity contribution in [3.63, 3.8) is 0 Å². The third-order valence-electron chi connectivity index (χ3n) is 9.95. The first-order chi connectivity index (χ1) is 25.1. The molecular formula is C38H39Cl2N7O5. The molecule has 270 valence electrons. The number of carboxylic acids is 1. The maximum atomic E-state index is 13.5. The van der Waals surface area contributed by atoms with Gasteiger partial charge in [0, 0.05) is 78.7 Å². The average Bonchev–Trinajstić information content (AvgIpc) is 3.77. The molecule has 0 saturated carbocycles. The van der Waals surface area contributed by atoms with Crippen LogP contribution in [0.25, 0.3) is 39.0 Å². The standard InChI is InChI=1S/C38H39Cl2N7O5/c1-45-32(21-46-15-5-6-23(19-46)38(50)51)44-47-20-24(16-31(47)37(45)49)26-7-3-8-27(34(26)39)28-9-4-10-29(35(28)40)30-13-11-22(36(43-30)52-2)17-41-18-25-12-14-33(48)42-25/h3-4,7-11,13,16,20,23,25,41H,5-6,12,14-15,17-19,21H2,1-2H3,(H,42,48)(H,50,51)/t23-,25+/m1/s1.